The van der Waals surface area contributed by atoms with E-state index in [-0.39, 0.29) is 12.5 Å². The Labute approximate surface area is 142 Å². The van der Waals surface area contributed by atoms with Gasteiger partial charge >= 0.3 is 0 Å². The number of alkyl halides is 1. The fourth-order valence-corrected chi connectivity index (χ4v) is 2.88. The molecule has 1 fully saturated rings. The van der Waals surface area contributed by atoms with Crippen LogP contribution in [-0.2, 0) is 15.2 Å². The van der Waals surface area contributed by atoms with E-state index in [0.717, 1.165) is 10.9 Å². The van der Waals surface area contributed by atoms with Gasteiger partial charge in [0.25, 0.3) is 0 Å². The maximum Gasteiger partial charge on any atom is 0.222 e. The van der Waals surface area contributed by atoms with Crippen LogP contribution in [-0.4, -0.2) is 38.9 Å². The molecule has 7 nitrogen and oxygen atoms in total. The topological polar surface area (TPSA) is 81.9 Å². The highest BCUT2D eigenvalue weighted by Crippen LogP contribution is 2.33. The standard InChI is InChI=1S/C17H16FN5O2/c1-11(24)21-15-7-13-12(8-19-15)9-20-23(13)16-4-2-3-14(22-16)17(18)5-6-25-10-17/h2-4,7-9H,5-6,10H2,1H3,(H,19,21,24). The Balaban J connectivity index is 1.78. The molecule has 0 spiro atoms. The lowest BCUT2D eigenvalue weighted by molar-refractivity contribution is -0.114. The Kier molecular flexibility index (Phi) is 3.69. The minimum Gasteiger partial charge on any atom is -0.378 e. The first-order chi connectivity index (χ1) is 12.0. The summed E-state index contributed by atoms with van der Waals surface area (Å²) in [5.41, 5.74) is -0.511. The second-order valence-corrected chi connectivity index (χ2v) is 6.01. The van der Waals surface area contributed by atoms with Crippen molar-refractivity contribution >= 4 is 22.6 Å². The number of carbonyl (C=O) groups excluding carboxylic acids is 1. The quantitative estimate of drug-likeness (QED) is 0.791. The SMILES string of the molecule is CC(=O)Nc1cc2c(cn1)cnn2-c1cccc(C2(F)CCOC2)n1. The fourth-order valence-electron chi connectivity index (χ4n) is 2.88. The number of halogens is 1. The number of nitrogens with zero attached hydrogens (tertiary/aromatic N) is 4. The zero-order valence-corrected chi connectivity index (χ0v) is 13.6. The third-order valence-corrected chi connectivity index (χ3v) is 4.14. The minimum absolute atomic E-state index is 0.0138. The number of pyridine rings is 2. The first-order valence-corrected chi connectivity index (χ1v) is 7.91. The van der Waals surface area contributed by atoms with Crippen molar-refractivity contribution in [3.8, 4) is 5.82 Å². The van der Waals surface area contributed by atoms with E-state index in [1.165, 1.54) is 6.92 Å². The van der Waals surface area contributed by atoms with Crippen molar-refractivity contribution in [1.29, 1.82) is 0 Å². The van der Waals surface area contributed by atoms with Gasteiger partial charge in [-0.3, -0.25) is 4.79 Å². The Morgan fingerprint density at radius 3 is 3.04 bits per heavy atom. The van der Waals surface area contributed by atoms with Gasteiger partial charge in [-0.2, -0.15) is 5.10 Å². The summed E-state index contributed by atoms with van der Waals surface area (Å²) in [6, 6.07) is 6.88. The summed E-state index contributed by atoms with van der Waals surface area (Å²) in [7, 11) is 0. The Bertz CT molecular complexity index is 949. The normalized spacial score (nSPS) is 20.1. The maximum atomic E-state index is 14.9. The van der Waals surface area contributed by atoms with Crippen LogP contribution in [0.4, 0.5) is 10.2 Å². The van der Waals surface area contributed by atoms with Crippen LogP contribution < -0.4 is 5.32 Å². The average Bonchev–Trinajstić information content (AvgIpc) is 3.21. The molecule has 8 heteroatoms. The Morgan fingerprint density at radius 2 is 2.28 bits per heavy atom. The van der Waals surface area contributed by atoms with Crippen LogP contribution in [0.5, 0.6) is 0 Å². The zero-order chi connectivity index (χ0) is 17.4. The van der Waals surface area contributed by atoms with Crippen LogP contribution >= 0.6 is 0 Å². The summed E-state index contributed by atoms with van der Waals surface area (Å²) in [6.45, 7) is 1.82. The second kappa shape index (κ2) is 5.89. The second-order valence-electron chi connectivity index (χ2n) is 6.01. The summed E-state index contributed by atoms with van der Waals surface area (Å²) in [5, 5.41) is 7.76. The first-order valence-electron chi connectivity index (χ1n) is 7.91. The minimum atomic E-state index is -1.57. The van der Waals surface area contributed by atoms with Crippen LogP contribution in [0.1, 0.15) is 19.0 Å². The van der Waals surface area contributed by atoms with Crippen molar-refractivity contribution in [2.45, 2.75) is 19.0 Å². The Hall–Kier alpha value is -2.87. The lowest BCUT2D eigenvalue weighted by atomic mass is 10.0. The van der Waals surface area contributed by atoms with E-state index < -0.39 is 5.67 Å². The third kappa shape index (κ3) is 2.85. The van der Waals surface area contributed by atoms with Crippen molar-refractivity contribution in [3.63, 3.8) is 0 Å². The zero-order valence-electron chi connectivity index (χ0n) is 13.6. The molecule has 0 aliphatic carbocycles. The van der Waals surface area contributed by atoms with Crippen LogP contribution in [0, 0.1) is 0 Å². The van der Waals surface area contributed by atoms with Crippen molar-refractivity contribution in [2.24, 2.45) is 0 Å². The molecular weight excluding hydrogens is 325 g/mol. The van der Waals surface area contributed by atoms with Crippen LogP contribution in [0.2, 0.25) is 0 Å². The molecule has 0 saturated carbocycles. The highest BCUT2D eigenvalue weighted by Gasteiger charge is 2.38. The van der Waals surface area contributed by atoms with Crippen molar-refractivity contribution in [1.82, 2.24) is 19.7 Å². The number of hydrogen-bond donors (Lipinski definition) is 1. The highest BCUT2D eigenvalue weighted by atomic mass is 19.1. The molecule has 1 N–H and O–H groups in total. The van der Waals surface area contributed by atoms with E-state index in [1.807, 2.05) is 0 Å². The number of aromatic nitrogens is 4. The molecule has 0 radical (unpaired) electrons. The molecule has 1 unspecified atom stereocenters. The van der Waals surface area contributed by atoms with Gasteiger partial charge in [-0.15, -0.1) is 0 Å². The van der Waals surface area contributed by atoms with Crippen molar-refractivity contribution in [2.75, 3.05) is 18.5 Å². The monoisotopic (exact) mass is 341 g/mol. The molecule has 128 valence electrons. The van der Waals surface area contributed by atoms with E-state index in [1.54, 1.807) is 41.3 Å². The predicted octanol–water partition coefficient (Wildman–Crippen LogP) is 2.36. The lowest BCUT2D eigenvalue weighted by Gasteiger charge is -2.17. The number of hydrogen-bond acceptors (Lipinski definition) is 5. The maximum absolute atomic E-state index is 14.9. The van der Waals surface area contributed by atoms with Gasteiger partial charge in [-0.05, 0) is 12.1 Å². The summed E-state index contributed by atoms with van der Waals surface area (Å²) in [4.78, 5) is 19.8. The number of nitrogens with one attached hydrogen (secondary N) is 1. The first kappa shape index (κ1) is 15.6. The summed E-state index contributed by atoms with van der Waals surface area (Å²) < 4.78 is 21.7. The molecule has 3 aromatic heterocycles. The number of rotatable bonds is 3. The molecule has 4 rings (SSSR count). The van der Waals surface area contributed by atoms with Gasteiger partial charge in [-0.1, -0.05) is 6.07 Å². The molecule has 1 atom stereocenters. The van der Waals surface area contributed by atoms with Gasteiger partial charge in [0.05, 0.1) is 30.6 Å². The molecule has 0 bridgehead atoms. The van der Waals surface area contributed by atoms with E-state index in [9.17, 15) is 9.18 Å². The molecular formula is C17H16FN5O2. The number of amides is 1. The number of carbonyl (C=O) groups is 1. The smallest absolute Gasteiger partial charge is 0.222 e. The van der Waals surface area contributed by atoms with E-state index in [2.05, 4.69) is 20.4 Å². The number of ether oxygens (including phenoxy) is 1. The lowest BCUT2D eigenvalue weighted by Crippen LogP contribution is -2.22. The Morgan fingerprint density at radius 1 is 1.40 bits per heavy atom. The largest absolute Gasteiger partial charge is 0.378 e. The summed E-state index contributed by atoms with van der Waals surface area (Å²) >= 11 is 0. The van der Waals surface area contributed by atoms with Gasteiger partial charge < -0.3 is 10.1 Å². The highest BCUT2D eigenvalue weighted by molar-refractivity contribution is 5.90. The van der Waals surface area contributed by atoms with E-state index in [0.29, 0.717) is 30.4 Å². The van der Waals surface area contributed by atoms with Gasteiger partial charge in [0.15, 0.2) is 11.5 Å². The average molecular weight is 341 g/mol. The molecule has 3 aromatic rings. The molecule has 1 amide bonds. The fraction of sp³-hybridized carbons (Fsp3) is 0.294. The summed E-state index contributed by atoms with van der Waals surface area (Å²) in [5.74, 6) is 0.708. The molecule has 1 aliphatic heterocycles. The predicted molar refractivity (Wildman–Crippen MR) is 89.2 cm³/mol. The van der Waals surface area contributed by atoms with Gasteiger partial charge in [0.1, 0.15) is 5.82 Å². The summed E-state index contributed by atoms with van der Waals surface area (Å²) in [6.07, 6.45) is 3.56. The van der Waals surface area contributed by atoms with Gasteiger partial charge in [-0.25, -0.2) is 19.0 Å². The molecule has 0 aromatic carbocycles. The molecule has 4 heterocycles. The number of anilines is 1. The van der Waals surface area contributed by atoms with Crippen molar-refractivity contribution < 1.29 is 13.9 Å². The van der Waals surface area contributed by atoms with Gasteiger partial charge in [0, 0.05) is 31.0 Å². The van der Waals surface area contributed by atoms with Crippen LogP contribution in [0.15, 0.2) is 36.7 Å². The van der Waals surface area contributed by atoms with Crippen LogP contribution in [0.25, 0.3) is 16.7 Å². The number of fused-ring (bicyclic) bond motifs is 1. The van der Waals surface area contributed by atoms with Crippen molar-refractivity contribution in [3.05, 3.63) is 42.4 Å². The van der Waals surface area contributed by atoms with E-state index in [4.69, 9.17) is 4.74 Å². The third-order valence-electron chi connectivity index (χ3n) is 4.14. The van der Waals surface area contributed by atoms with Crippen LogP contribution in [0.3, 0.4) is 0 Å². The van der Waals surface area contributed by atoms with Gasteiger partial charge in [0.2, 0.25) is 5.91 Å². The molecule has 1 saturated heterocycles. The molecule has 1 aliphatic rings. The van der Waals surface area contributed by atoms with E-state index >= 15 is 0 Å². The molecule has 25 heavy (non-hydrogen) atoms.